The Morgan fingerprint density at radius 2 is 2.03 bits per heavy atom. The first-order valence-electron chi connectivity index (χ1n) is 8.94. The van der Waals surface area contributed by atoms with Crippen molar-refractivity contribution in [1.82, 2.24) is 8.76 Å². The number of carbonyl (C=O) groups excluding carboxylic acids is 1. The molecule has 1 aromatic rings. The van der Waals surface area contributed by atoms with Crippen molar-refractivity contribution in [2.75, 3.05) is 6.54 Å². The monoisotopic (exact) mass is 528 g/mol. The summed E-state index contributed by atoms with van der Waals surface area (Å²) in [7, 11) is 0. The molecule has 0 saturated heterocycles. The van der Waals surface area contributed by atoms with Crippen LogP contribution in [0.4, 0.5) is 13.2 Å². The number of alkyl halides is 3. The van der Waals surface area contributed by atoms with E-state index in [1.807, 2.05) is 39.1 Å². The molecule has 0 radical (unpaired) electrons. The summed E-state index contributed by atoms with van der Waals surface area (Å²) in [5.41, 5.74) is 2.10. The van der Waals surface area contributed by atoms with E-state index in [-0.39, 0.29) is 33.0 Å². The van der Waals surface area contributed by atoms with Crippen LogP contribution in [0, 0.1) is 20.1 Å². The fourth-order valence-corrected chi connectivity index (χ4v) is 4.83. The molecule has 1 amide bonds. The normalized spacial score (nSPS) is 21.9. The number of benzene rings is 1. The van der Waals surface area contributed by atoms with Crippen molar-refractivity contribution >= 4 is 12.0 Å². The van der Waals surface area contributed by atoms with E-state index in [4.69, 9.17) is 5.21 Å². The maximum atomic E-state index is 12.6. The third-order valence-electron chi connectivity index (χ3n) is 5.51. The Labute approximate surface area is 177 Å². The Hall–Kier alpha value is -1.37. The molecule has 29 heavy (non-hydrogen) atoms. The average molecular weight is 528 g/mol. The van der Waals surface area contributed by atoms with Crippen LogP contribution in [0.3, 0.4) is 0 Å². The average Bonchev–Trinajstić information content (AvgIpc) is 2.57. The summed E-state index contributed by atoms with van der Waals surface area (Å²) in [6.07, 6.45) is -2.49. The molecule has 10 heteroatoms. The van der Waals surface area contributed by atoms with Crippen molar-refractivity contribution < 1.29 is 49.8 Å². The van der Waals surface area contributed by atoms with Crippen LogP contribution in [-0.4, -0.2) is 32.4 Å². The second-order valence-corrected chi connectivity index (χ2v) is 10.4. The molecule has 1 aromatic carbocycles. The molecule has 0 aliphatic heterocycles. The van der Waals surface area contributed by atoms with Gasteiger partial charge in [-0.2, -0.15) is 0 Å². The third kappa shape index (κ3) is 5.83. The van der Waals surface area contributed by atoms with Gasteiger partial charge in [0.15, 0.2) is 0 Å². The van der Waals surface area contributed by atoms with Crippen LogP contribution < -0.4 is 26.8 Å². The number of fused-ring (bicyclic) bond motifs is 1. The minimum atomic E-state index is -4.95. The first kappa shape index (κ1) is 23.9. The Morgan fingerprint density at radius 1 is 1.41 bits per heavy atom. The van der Waals surface area contributed by atoms with Crippen LogP contribution in [0.5, 0.6) is 5.75 Å². The van der Waals surface area contributed by atoms with Gasteiger partial charge in [0.1, 0.15) is 0 Å². The molecule has 0 spiro atoms. The van der Waals surface area contributed by atoms with Crippen LogP contribution in [0.1, 0.15) is 51.2 Å². The van der Waals surface area contributed by atoms with Gasteiger partial charge in [-0.1, -0.05) is 0 Å². The minimum absolute atomic E-state index is 0.108. The fraction of sp³-hybridized carbons (Fsp3) is 0.526. The number of hydrogen-bond donors (Lipinski definition) is 3. The first-order chi connectivity index (χ1) is 13.2. The molecule has 1 aliphatic carbocycles. The van der Waals surface area contributed by atoms with Gasteiger partial charge in [0.05, 0.1) is 0 Å². The molecule has 0 heterocycles. The number of halogens is 4. The van der Waals surface area contributed by atoms with Gasteiger partial charge in [-0.25, -0.2) is 0 Å². The molecule has 1 aliphatic rings. The van der Waals surface area contributed by atoms with E-state index in [0.29, 0.717) is 15.6 Å². The van der Waals surface area contributed by atoms with Crippen LogP contribution in [0.25, 0.3) is 6.08 Å². The molecule has 3 N–H and O–H groups in total. The predicted octanol–water partition coefficient (Wildman–Crippen LogP) is 0.986. The van der Waals surface area contributed by atoms with Crippen LogP contribution in [0.2, 0.25) is 0 Å². The van der Waals surface area contributed by atoms with Crippen molar-refractivity contribution in [2.45, 2.75) is 46.2 Å². The third-order valence-corrected chi connectivity index (χ3v) is 7.30. The van der Waals surface area contributed by atoms with Gasteiger partial charge in [0.25, 0.3) is 0 Å². The number of carbonyl (C=O) groups is 1. The summed E-state index contributed by atoms with van der Waals surface area (Å²) in [5, 5.41) is 32.3. The van der Waals surface area contributed by atoms with Crippen molar-refractivity contribution in [1.29, 1.82) is 0 Å². The zero-order chi connectivity index (χ0) is 22.1. The summed E-state index contributed by atoms with van der Waals surface area (Å²) < 4.78 is 38.0. The van der Waals surface area contributed by atoms with E-state index < -0.39 is 33.6 Å². The molecule has 2 rings (SSSR count). The number of aromatic hydroxyl groups is 1. The number of hydrogen-bond acceptors (Lipinski definition) is 5. The molecule has 0 saturated carbocycles. The molecular weight excluding hydrogens is 504 g/mol. The number of allylic oxidation sites excluding steroid dienone is 1. The van der Waals surface area contributed by atoms with Gasteiger partial charge in [-0.05, 0) is 0 Å². The Bertz CT molecular complexity index is 809. The topological polar surface area (TPSA) is 95.9 Å². The fourth-order valence-electron chi connectivity index (χ4n) is 3.51. The number of amides is 1. The molecule has 0 fully saturated rings. The summed E-state index contributed by atoms with van der Waals surface area (Å²) in [5.74, 6) is -2.66. The van der Waals surface area contributed by atoms with E-state index in [9.17, 15) is 28.3 Å². The maximum absolute atomic E-state index is 12.6. The first-order valence-corrected chi connectivity index (χ1v) is 11.0. The Balaban J connectivity index is 2.47. The summed E-state index contributed by atoms with van der Waals surface area (Å²) >= 11 is -1.54. The predicted molar refractivity (Wildman–Crippen MR) is 96.8 cm³/mol. The van der Waals surface area contributed by atoms with Crippen molar-refractivity contribution in [3.8, 4) is 5.75 Å². The van der Waals surface area contributed by atoms with Gasteiger partial charge >= 0.3 is 178 Å². The Morgan fingerprint density at radius 3 is 2.59 bits per heavy atom. The SMILES string of the molecule is CC1=Cc2cc(O)c([I-]N([O-])O)cc2[C@H](C)C(CNC(=O)C(F)(F)F)CC1(C)C. The molecule has 2 atom stereocenters. The van der Waals surface area contributed by atoms with E-state index in [2.05, 4.69) is 0 Å². The van der Waals surface area contributed by atoms with E-state index in [1.165, 1.54) is 6.07 Å². The number of rotatable bonds is 4. The molecular formula is C19H24F3IN2O4-2. The Kier molecular flexibility index (Phi) is 7.24. The van der Waals surface area contributed by atoms with Crippen molar-refractivity contribution in [3.05, 3.63) is 37.6 Å². The molecule has 0 bridgehead atoms. The zero-order valence-corrected chi connectivity index (χ0v) is 18.6. The quantitative estimate of drug-likeness (QED) is 0.308. The van der Waals surface area contributed by atoms with Gasteiger partial charge in [0, 0.05) is 0 Å². The van der Waals surface area contributed by atoms with Gasteiger partial charge < -0.3 is 0 Å². The molecule has 6 nitrogen and oxygen atoms in total. The number of nitrogens with one attached hydrogen (secondary N) is 1. The molecule has 164 valence electrons. The van der Waals surface area contributed by atoms with Crippen molar-refractivity contribution in [3.63, 3.8) is 0 Å². The number of nitrogens with zero attached hydrogens (tertiary/aromatic N) is 1. The van der Waals surface area contributed by atoms with E-state index in [0.717, 1.165) is 11.1 Å². The van der Waals surface area contributed by atoms with Crippen molar-refractivity contribution in [2.24, 2.45) is 11.3 Å². The summed E-state index contributed by atoms with van der Waals surface area (Å²) in [6, 6.07) is 3.14. The zero-order valence-electron chi connectivity index (χ0n) is 16.5. The standard InChI is InChI=1S/C19H24F3IN2O4/c1-10-5-12-6-16(26)15(23-25(28)29)7-14(12)11(2)13(8-18(10,3)4)9-24-17(27)19(20,21)22/h5-7,11,13,26,28H,8-9H2,1-4H3,(H,24,27)/q-2/t11-,13?/m1/s1. The second kappa shape index (κ2) is 8.78. The number of phenolic OH excluding ortho intramolecular Hbond substituents is 1. The summed E-state index contributed by atoms with van der Waals surface area (Å²) in [4.78, 5) is 11.3. The molecule has 1 unspecified atom stereocenters. The summed E-state index contributed by atoms with van der Waals surface area (Å²) in [6.45, 7) is 7.57. The van der Waals surface area contributed by atoms with Gasteiger partial charge in [-0.15, -0.1) is 0 Å². The second-order valence-electron chi connectivity index (χ2n) is 7.92. The van der Waals surface area contributed by atoms with Gasteiger partial charge in [-0.3, -0.25) is 0 Å². The van der Waals surface area contributed by atoms with Gasteiger partial charge in [0.2, 0.25) is 0 Å². The van der Waals surface area contributed by atoms with Crippen LogP contribution in [0.15, 0.2) is 17.7 Å². The van der Waals surface area contributed by atoms with E-state index in [1.54, 1.807) is 6.07 Å². The molecule has 0 aromatic heterocycles. The number of phenols is 1. The van der Waals surface area contributed by atoms with E-state index >= 15 is 0 Å². The van der Waals surface area contributed by atoms with Crippen LogP contribution >= 0.6 is 0 Å². The van der Waals surface area contributed by atoms with Crippen LogP contribution in [-0.2, 0) is 4.79 Å².